The van der Waals surface area contributed by atoms with Gasteiger partial charge in [0.05, 0.1) is 0 Å². The zero-order valence-corrected chi connectivity index (χ0v) is 36.1. The Balaban J connectivity index is 4.29. The highest BCUT2D eigenvalue weighted by Gasteiger charge is 2.19. The van der Waals surface area contributed by atoms with Crippen LogP contribution in [0.5, 0.6) is 0 Å². The van der Waals surface area contributed by atoms with Crippen LogP contribution in [0.4, 0.5) is 0 Å². The van der Waals surface area contributed by atoms with Crippen LogP contribution in [0.2, 0.25) is 0 Å². The van der Waals surface area contributed by atoms with Crippen molar-refractivity contribution in [3.63, 3.8) is 0 Å². The van der Waals surface area contributed by atoms with Gasteiger partial charge < -0.3 is 14.2 Å². The molecular weight excluding hydrogens is 661 g/mol. The van der Waals surface area contributed by atoms with Gasteiger partial charge in [0, 0.05) is 19.3 Å². The molecule has 0 rings (SSSR count). The van der Waals surface area contributed by atoms with E-state index in [1.165, 1.54) is 141 Å². The summed E-state index contributed by atoms with van der Waals surface area (Å²) in [5, 5.41) is 0. The third kappa shape index (κ3) is 41.4. The molecule has 0 saturated carbocycles. The molecule has 0 radical (unpaired) electrons. The molecule has 0 N–H and O–H groups in total. The van der Waals surface area contributed by atoms with Crippen LogP contribution in [0, 0.1) is 11.8 Å². The third-order valence-electron chi connectivity index (χ3n) is 10.5. The molecule has 1 atom stereocenters. The molecule has 0 spiro atoms. The van der Waals surface area contributed by atoms with E-state index in [1.54, 1.807) is 0 Å². The first-order valence-electron chi connectivity index (χ1n) is 23.2. The van der Waals surface area contributed by atoms with Gasteiger partial charge in [-0.15, -0.1) is 0 Å². The lowest BCUT2D eigenvalue weighted by atomic mass is 10.0. The number of unbranched alkanes of at least 4 members (excludes halogenated alkanes) is 26. The van der Waals surface area contributed by atoms with Crippen molar-refractivity contribution in [2.75, 3.05) is 13.2 Å². The van der Waals surface area contributed by atoms with Crippen LogP contribution in [0.1, 0.15) is 253 Å². The topological polar surface area (TPSA) is 78.9 Å². The van der Waals surface area contributed by atoms with Gasteiger partial charge in [0.1, 0.15) is 13.2 Å². The number of ether oxygens (including phenoxy) is 3. The van der Waals surface area contributed by atoms with Crippen LogP contribution in [0.15, 0.2) is 0 Å². The summed E-state index contributed by atoms with van der Waals surface area (Å²) in [6.45, 7) is 11.2. The molecule has 0 aliphatic heterocycles. The normalized spacial score (nSPS) is 12.1. The van der Waals surface area contributed by atoms with Crippen LogP contribution in [0.3, 0.4) is 0 Å². The number of hydrogen-bond acceptors (Lipinski definition) is 6. The summed E-state index contributed by atoms with van der Waals surface area (Å²) in [5.74, 6) is 0.698. The van der Waals surface area contributed by atoms with Gasteiger partial charge in [-0.25, -0.2) is 0 Å². The maximum Gasteiger partial charge on any atom is 0.306 e. The molecule has 0 bridgehead atoms. The maximum absolute atomic E-state index is 12.7. The predicted molar refractivity (Wildman–Crippen MR) is 224 cm³/mol. The molecule has 53 heavy (non-hydrogen) atoms. The largest absolute Gasteiger partial charge is 0.462 e. The number of hydrogen-bond donors (Lipinski definition) is 0. The van der Waals surface area contributed by atoms with Crippen molar-refractivity contribution >= 4 is 17.9 Å². The fourth-order valence-corrected chi connectivity index (χ4v) is 6.93. The zero-order valence-electron chi connectivity index (χ0n) is 36.1. The van der Waals surface area contributed by atoms with Gasteiger partial charge in [0.25, 0.3) is 0 Å². The smallest absolute Gasteiger partial charge is 0.306 e. The molecule has 0 aliphatic rings. The minimum atomic E-state index is -0.761. The number of esters is 3. The summed E-state index contributed by atoms with van der Waals surface area (Å²) >= 11 is 0. The van der Waals surface area contributed by atoms with Gasteiger partial charge >= 0.3 is 17.9 Å². The fourth-order valence-electron chi connectivity index (χ4n) is 6.93. The zero-order chi connectivity index (χ0) is 39.0. The van der Waals surface area contributed by atoms with Crippen LogP contribution in [-0.2, 0) is 28.6 Å². The Labute approximate surface area is 329 Å². The van der Waals surface area contributed by atoms with Crippen LogP contribution >= 0.6 is 0 Å². The average molecular weight is 751 g/mol. The minimum absolute atomic E-state index is 0.0657. The summed E-state index contributed by atoms with van der Waals surface area (Å²) in [4.78, 5) is 37.7. The molecule has 314 valence electrons. The van der Waals surface area contributed by atoms with Crippen molar-refractivity contribution in [3.05, 3.63) is 0 Å². The first kappa shape index (κ1) is 51.4. The molecule has 0 aromatic carbocycles. The predicted octanol–water partition coefficient (Wildman–Crippen LogP) is 14.6. The van der Waals surface area contributed by atoms with E-state index in [4.69, 9.17) is 14.2 Å². The summed E-state index contributed by atoms with van der Waals surface area (Å²) in [6, 6.07) is 0. The third-order valence-corrected chi connectivity index (χ3v) is 10.5. The van der Waals surface area contributed by atoms with Crippen molar-refractivity contribution in [2.24, 2.45) is 11.8 Å². The van der Waals surface area contributed by atoms with Gasteiger partial charge in [-0.1, -0.05) is 214 Å². The van der Waals surface area contributed by atoms with Crippen molar-refractivity contribution < 1.29 is 28.6 Å². The summed E-state index contributed by atoms with van der Waals surface area (Å²) in [7, 11) is 0. The maximum atomic E-state index is 12.7. The molecule has 6 nitrogen and oxygen atoms in total. The SMILES string of the molecule is CCCCCCCCCCCCCCCCCC(=O)OC[C@@H](COC(=O)CCCCCCCCCC(C)C)OC(=O)CCCCCCCCCC(C)C. The number of rotatable bonds is 41. The van der Waals surface area contributed by atoms with Gasteiger partial charge in [-0.2, -0.15) is 0 Å². The number of carbonyl (C=O) groups is 3. The Morgan fingerprint density at radius 2 is 0.623 bits per heavy atom. The second-order valence-electron chi connectivity index (χ2n) is 17.0. The average Bonchev–Trinajstić information content (AvgIpc) is 3.12. The lowest BCUT2D eigenvalue weighted by Gasteiger charge is -2.18. The Morgan fingerprint density at radius 3 is 0.925 bits per heavy atom. The highest BCUT2D eigenvalue weighted by Crippen LogP contribution is 2.16. The van der Waals surface area contributed by atoms with E-state index >= 15 is 0 Å². The summed E-state index contributed by atoms with van der Waals surface area (Å²) < 4.78 is 16.7. The Kier molecular flexibility index (Phi) is 38.9. The van der Waals surface area contributed by atoms with E-state index in [0.717, 1.165) is 69.6 Å². The lowest BCUT2D eigenvalue weighted by Crippen LogP contribution is -2.30. The second kappa shape index (κ2) is 40.1. The van der Waals surface area contributed by atoms with E-state index in [9.17, 15) is 14.4 Å². The standard InChI is InChI=1S/C47H90O6/c1-6-7-8-9-10-11-12-13-14-15-16-17-22-27-32-37-45(48)51-40-44(53-47(50)39-34-29-24-19-21-26-31-36-43(4)5)41-52-46(49)38-33-28-23-18-20-25-30-35-42(2)3/h42-44H,6-41H2,1-5H3/t44-/m0/s1. The van der Waals surface area contributed by atoms with Gasteiger partial charge in [-0.05, 0) is 31.1 Å². The number of carbonyl (C=O) groups excluding carboxylic acids is 3. The summed E-state index contributed by atoms with van der Waals surface area (Å²) in [5.41, 5.74) is 0. The summed E-state index contributed by atoms with van der Waals surface area (Å²) in [6.07, 6.45) is 38.2. The van der Waals surface area contributed by atoms with Gasteiger partial charge in [0.2, 0.25) is 0 Å². The van der Waals surface area contributed by atoms with Crippen molar-refractivity contribution in [1.29, 1.82) is 0 Å². The van der Waals surface area contributed by atoms with E-state index < -0.39 is 6.10 Å². The van der Waals surface area contributed by atoms with Crippen LogP contribution in [-0.4, -0.2) is 37.2 Å². The fraction of sp³-hybridized carbons (Fsp3) is 0.936. The lowest BCUT2D eigenvalue weighted by molar-refractivity contribution is -0.167. The monoisotopic (exact) mass is 751 g/mol. The quantitative estimate of drug-likeness (QED) is 0.0352. The van der Waals surface area contributed by atoms with Crippen LogP contribution < -0.4 is 0 Å². The molecular formula is C47H90O6. The molecule has 0 fully saturated rings. The molecule has 6 heteroatoms. The first-order valence-corrected chi connectivity index (χ1v) is 23.2. The molecule has 0 aromatic heterocycles. The van der Waals surface area contributed by atoms with E-state index in [2.05, 4.69) is 34.6 Å². The van der Waals surface area contributed by atoms with E-state index in [1.807, 2.05) is 0 Å². The van der Waals surface area contributed by atoms with Gasteiger partial charge in [0.15, 0.2) is 6.10 Å². The van der Waals surface area contributed by atoms with Crippen molar-refractivity contribution in [1.82, 2.24) is 0 Å². The van der Waals surface area contributed by atoms with Crippen molar-refractivity contribution in [2.45, 2.75) is 259 Å². The highest BCUT2D eigenvalue weighted by atomic mass is 16.6. The van der Waals surface area contributed by atoms with Gasteiger partial charge in [-0.3, -0.25) is 14.4 Å². The Morgan fingerprint density at radius 1 is 0.358 bits per heavy atom. The molecule has 0 saturated heterocycles. The van der Waals surface area contributed by atoms with E-state index in [-0.39, 0.29) is 31.1 Å². The molecule has 0 aliphatic carbocycles. The Hall–Kier alpha value is -1.59. The van der Waals surface area contributed by atoms with Crippen LogP contribution in [0.25, 0.3) is 0 Å². The second-order valence-corrected chi connectivity index (χ2v) is 17.0. The molecule has 0 unspecified atom stereocenters. The minimum Gasteiger partial charge on any atom is -0.462 e. The van der Waals surface area contributed by atoms with E-state index in [0.29, 0.717) is 19.3 Å². The van der Waals surface area contributed by atoms with Crippen molar-refractivity contribution in [3.8, 4) is 0 Å². The first-order chi connectivity index (χ1) is 25.7. The molecule has 0 amide bonds. The molecule has 0 heterocycles. The highest BCUT2D eigenvalue weighted by molar-refractivity contribution is 5.71. The Bertz CT molecular complexity index is 809. The molecule has 0 aromatic rings.